The molecule has 2 aliphatic heterocycles. The van der Waals surface area contributed by atoms with E-state index in [1.807, 2.05) is 13.0 Å². The van der Waals surface area contributed by atoms with Gasteiger partial charge in [0.1, 0.15) is 0 Å². The maximum Gasteiger partial charge on any atom is 0.254 e. The van der Waals surface area contributed by atoms with E-state index in [2.05, 4.69) is 39.9 Å². The maximum atomic E-state index is 12.9. The molecule has 2 fully saturated rings. The molecule has 0 aromatic heterocycles. The molecule has 0 radical (unpaired) electrons. The summed E-state index contributed by atoms with van der Waals surface area (Å²) < 4.78 is 0. The predicted molar refractivity (Wildman–Crippen MR) is 80.8 cm³/mol. The fraction of sp³-hybridized carbons (Fsp3) is 0.562. The highest BCUT2D eigenvalue weighted by Gasteiger charge is 2.42. The Kier molecular flexibility index (Phi) is 3.42. The highest BCUT2D eigenvalue weighted by atomic mass is 79.9. The first-order valence-electron chi connectivity index (χ1n) is 7.10. The summed E-state index contributed by atoms with van der Waals surface area (Å²) >= 11 is 3.73. The summed E-state index contributed by atoms with van der Waals surface area (Å²) in [7, 11) is 0. The van der Waals surface area contributed by atoms with Gasteiger partial charge in [0.05, 0.1) is 0 Å². The van der Waals surface area contributed by atoms with Gasteiger partial charge in [-0.1, -0.05) is 33.6 Å². The molecular weight excluding hydrogens is 302 g/mol. The lowest BCUT2D eigenvalue weighted by Gasteiger charge is -2.37. The number of alkyl halides is 1. The molecule has 2 saturated heterocycles. The van der Waals surface area contributed by atoms with Crippen LogP contribution in [0.5, 0.6) is 0 Å². The zero-order chi connectivity index (χ0) is 13.6. The van der Waals surface area contributed by atoms with Gasteiger partial charge >= 0.3 is 0 Å². The van der Waals surface area contributed by atoms with E-state index >= 15 is 0 Å². The van der Waals surface area contributed by atoms with Gasteiger partial charge in [-0.05, 0) is 51.2 Å². The highest BCUT2D eigenvalue weighted by molar-refractivity contribution is 9.09. The Labute approximate surface area is 123 Å². The van der Waals surface area contributed by atoms with Crippen molar-refractivity contribution >= 4 is 21.8 Å². The Morgan fingerprint density at radius 2 is 1.84 bits per heavy atom. The van der Waals surface area contributed by atoms with Gasteiger partial charge < -0.3 is 4.90 Å². The van der Waals surface area contributed by atoms with E-state index in [1.54, 1.807) is 0 Å². The van der Waals surface area contributed by atoms with Crippen molar-refractivity contribution in [1.29, 1.82) is 0 Å². The average molecular weight is 322 g/mol. The topological polar surface area (TPSA) is 20.3 Å². The standard InChI is InChI=1S/C16H20BrNO/c1-10-3-4-11(2)15(7-10)16(19)18-13-5-6-14(18)9-12(17)8-13/h3-4,7,12-14H,5-6,8-9H2,1-2H3. The van der Waals surface area contributed by atoms with E-state index < -0.39 is 0 Å². The van der Waals surface area contributed by atoms with Crippen LogP contribution >= 0.6 is 15.9 Å². The number of carbonyl (C=O) groups excluding carboxylic acids is 1. The molecule has 0 saturated carbocycles. The Morgan fingerprint density at radius 1 is 1.21 bits per heavy atom. The van der Waals surface area contributed by atoms with E-state index in [0.29, 0.717) is 16.9 Å². The van der Waals surface area contributed by atoms with Crippen molar-refractivity contribution in [1.82, 2.24) is 4.90 Å². The zero-order valence-electron chi connectivity index (χ0n) is 11.5. The molecule has 0 aliphatic carbocycles. The van der Waals surface area contributed by atoms with Crippen molar-refractivity contribution in [2.24, 2.45) is 0 Å². The SMILES string of the molecule is Cc1ccc(C)c(C(=O)N2C3CCC2CC(Br)C3)c1. The lowest BCUT2D eigenvalue weighted by molar-refractivity contribution is 0.0602. The summed E-state index contributed by atoms with van der Waals surface area (Å²) in [4.78, 5) is 15.6. The van der Waals surface area contributed by atoms with Crippen LogP contribution in [0, 0.1) is 13.8 Å². The third-order valence-corrected chi connectivity index (χ3v) is 5.28. The van der Waals surface area contributed by atoms with Gasteiger partial charge in [-0.2, -0.15) is 0 Å². The fourth-order valence-electron chi connectivity index (χ4n) is 3.55. The van der Waals surface area contributed by atoms with E-state index in [-0.39, 0.29) is 5.91 Å². The summed E-state index contributed by atoms with van der Waals surface area (Å²) in [6.45, 7) is 4.08. The van der Waals surface area contributed by atoms with Crippen molar-refractivity contribution in [2.45, 2.75) is 56.4 Å². The molecule has 3 heteroatoms. The molecule has 3 rings (SSSR count). The first-order valence-corrected chi connectivity index (χ1v) is 8.02. The Hall–Kier alpha value is -0.830. The van der Waals surface area contributed by atoms with Crippen molar-refractivity contribution in [3.8, 4) is 0 Å². The summed E-state index contributed by atoms with van der Waals surface area (Å²) in [5.74, 6) is 0.244. The molecule has 1 amide bonds. The van der Waals surface area contributed by atoms with Gasteiger partial charge in [-0.3, -0.25) is 4.79 Å². The number of piperidine rings is 1. The molecule has 0 N–H and O–H groups in total. The number of aryl methyl sites for hydroxylation is 2. The minimum absolute atomic E-state index is 0.244. The van der Waals surface area contributed by atoms with E-state index in [9.17, 15) is 4.79 Å². The Morgan fingerprint density at radius 3 is 2.47 bits per heavy atom. The van der Waals surface area contributed by atoms with Gasteiger partial charge in [-0.15, -0.1) is 0 Å². The first-order chi connectivity index (χ1) is 9.06. The van der Waals surface area contributed by atoms with Crippen LogP contribution in [0.25, 0.3) is 0 Å². The third-order valence-electron chi connectivity index (χ3n) is 4.53. The number of hydrogen-bond acceptors (Lipinski definition) is 1. The minimum atomic E-state index is 0.244. The minimum Gasteiger partial charge on any atom is -0.333 e. The first kappa shape index (κ1) is 13.2. The number of rotatable bonds is 1. The molecule has 19 heavy (non-hydrogen) atoms. The Balaban J connectivity index is 1.90. The summed E-state index contributed by atoms with van der Waals surface area (Å²) in [6.07, 6.45) is 4.55. The average Bonchev–Trinajstić information content (AvgIpc) is 2.64. The van der Waals surface area contributed by atoms with Crippen LogP contribution in [0.1, 0.15) is 47.2 Å². The van der Waals surface area contributed by atoms with Crippen LogP contribution < -0.4 is 0 Å². The number of fused-ring (bicyclic) bond motifs is 2. The predicted octanol–water partition coefficient (Wildman–Crippen LogP) is 3.83. The number of carbonyl (C=O) groups is 1. The second-order valence-corrected chi connectivity index (χ2v) is 7.28. The number of amides is 1. The maximum absolute atomic E-state index is 12.9. The number of halogens is 1. The number of benzene rings is 1. The van der Waals surface area contributed by atoms with Gasteiger partial charge in [0.2, 0.25) is 0 Å². The molecule has 2 nitrogen and oxygen atoms in total. The van der Waals surface area contributed by atoms with Crippen LogP contribution in [0.2, 0.25) is 0 Å². The van der Waals surface area contributed by atoms with Crippen LogP contribution in [-0.2, 0) is 0 Å². The van der Waals surface area contributed by atoms with Crippen molar-refractivity contribution < 1.29 is 4.79 Å². The fourth-order valence-corrected chi connectivity index (χ4v) is 4.41. The van der Waals surface area contributed by atoms with Gasteiger partial charge in [0.15, 0.2) is 0 Å². The molecule has 0 spiro atoms. The van der Waals surface area contributed by atoms with Crippen LogP contribution in [0.15, 0.2) is 18.2 Å². The van der Waals surface area contributed by atoms with Crippen molar-refractivity contribution in [3.63, 3.8) is 0 Å². The molecular formula is C16H20BrNO. The zero-order valence-corrected chi connectivity index (χ0v) is 13.1. The largest absolute Gasteiger partial charge is 0.333 e. The molecule has 2 aliphatic rings. The second-order valence-electron chi connectivity index (χ2n) is 5.98. The molecule has 2 heterocycles. The molecule has 1 aromatic carbocycles. The van der Waals surface area contributed by atoms with Crippen molar-refractivity contribution in [2.75, 3.05) is 0 Å². The van der Waals surface area contributed by atoms with Crippen LogP contribution in [0.3, 0.4) is 0 Å². The summed E-state index contributed by atoms with van der Waals surface area (Å²) in [6, 6.07) is 7.05. The second kappa shape index (κ2) is 4.93. The van der Waals surface area contributed by atoms with Gasteiger partial charge in [0, 0.05) is 22.5 Å². The van der Waals surface area contributed by atoms with Gasteiger partial charge in [-0.25, -0.2) is 0 Å². The third kappa shape index (κ3) is 2.33. The lowest BCUT2D eigenvalue weighted by Crippen LogP contribution is -2.47. The number of nitrogens with zero attached hydrogens (tertiary/aromatic N) is 1. The summed E-state index contributed by atoms with van der Waals surface area (Å²) in [5.41, 5.74) is 3.15. The normalized spacial score (nSPS) is 29.6. The van der Waals surface area contributed by atoms with E-state index in [1.165, 1.54) is 12.8 Å². The van der Waals surface area contributed by atoms with E-state index in [0.717, 1.165) is 29.5 Å². The molecule has 1 aromatic rings. The monoisotopic (exact) mass is 321 g/mol. The highest BCUT2D eigenvalue weighted by Crippen LogP contribution is 2.39. The Bertz CT molecular complexity index is 499. The quantitative estimate of drug-likeness (QED) is 0.720. The molecule has 2 unspecified atom stereocenters. The lowest BCUT2D eigenvalue weighted by atomic mass is 9.99. The van der Waals surface area contributed by atoms with Crippen LogP contribution in [-0.4, -0.2) is 27.7 Å². The van der Waals surface area contributed by atoms with Gasteiger partial charge in [0.25, 0.3) is 5.91 Å². The van der Waals surface area contributed by atoms with Crippen molar-refractivity contribution in [3.05, 3.63) is 34.9 Å². The molecule has 2 bridgehead atoms. The molecule has 2 atom stereocenters. The van der Waals surface area contributed by atoms with Crippen LogP contribution in [0.4, 0.5) is 0 Å². The number of hydrogen-bond donors (Lipinski definition) is 0. The molecule has 102 valence electrons. The smallest absolute Gasteiger partial charge is 0.254 e. The van der Waals surface area contributed by atoms with E-state index in [4.69, 9.17) is 0 Å². The summed E-state index contributed by atoms with van der Waals surface area (Å²) in [5, 5.41) is 0.